The first-order valence-electron chi connectivity index (χ1n) is 12.5. The zero-order valence-corrected chi connectivity index (χ0v) is 23.5. The normalized spacial score (nSPS) is 11.6. The van der Waals surface area contributed by atoms with E-state index in [-0.39, 0.29) is 5.70 Å². The van der Waals surface area contributed by atoms with Crippen molar-refractivity contribution < 1.29 is 14.3 Å². The molecule has 0 unspecified atom stereocenters. The molecule has 0 aliphatic carbocycles. The number of rotatable bonds is 8. The summed E-state index contributed by atoms with van der Waals surface area (Å²) in [7, 11) is 1.27. The third-order valence-corrected chi connectivity index (χ3v) is 7.47. The number of amides is 1. The molecule has 0 bridgehead atoms. The number of aromatic amines is 1. The lowest BCUT2D eigenvalue weighted by molar-refractivity contribution is -0.136. The van der Waals surface area contributed by atoms with Gasteiger partial charge in [0, 0.05) is 29.2 Å². The number of ether oxygens (including phenoxy) is 1. The van der Waals surface area contributed by atoms with Crippen LogP contribution < -0.4 is 10.6 Å². The molecule has 5 aromatic rings. The summed E-state index contributed by atoms with van der Waals surface area (Å²) in [5.74, 6) is -0.605. The molecule has 40 heavy (non-hydrogen) atoms. The number of benzene rings is 2. The zero-order chi connectivity index (χ0) is 28.4. The van der Waals surface area contributed by atoms with E-state index in [0.717, 1.165) is 32.0 Å². The third kappa shape index (κ3) is 5.34. The molecule has 3 heterocycles. The molecule has 204 valence electrons. The lowest BCUT2D eigenvalue weighted by atomic mass is 10.0. The molecule has 0 radical (unpaired) electrons. The highest BCUT2D eigenvalue weighted by molar-refractivity contribution is 7.12. The summed E-state index contributed by atoms with van der Waals surface area (Å²) >= 11 is 1.43. The van der Waals surface area contributed by atoms with Crippen LogP contribution in [0.5, 0.6) is 0 Å². The van der Waals surface area contributed by atoms with E-state index >= 15 is 0 Å². The van der Waals surface area contributed by atoms with Crippen LogP contribution in [0, 0.1) is 27.7 Å². The van der Waals surface area contributed by atoms with Crippen LogP contribution in [-0.4, -0.2) is 49.2 Å². The average molecular weight is 557 g/mol. The van der Waals surface area contributed by atoms with Gasteiger partial charge in [0.25, 0.3) is 5.91 Å². The number of nitrogens with zero attached hydrogens (tertiary/aromatic N) is 5. The van der Waals surface area contributed by atoms with Gasteiger partial charge in [-0.3, -0.25) is 4.79 Å². The number of hydrogen-bond acceptors (Lipinski definition) is 9. The first-order valence-corrected chi connectivity index (χ1v) is 13.3. The number of anilines is 1. The topological polar surface area (TPSA) is 140 Å². The van der Waals surface area contributed by atoms with Crippen LogP contribution in [-0.2, 0) is 16.1 Å². The number of tetrazole rings is 1. The van der Waals surface area contributed by atoms with Gasteiger partial charge in [0.2, 0.25) is 5.95 Å². The first kappa shape index (κ1) is 26.8. The van der Waals surface area contributed by atoms with Crippen LogP contribution >= 0.6 is 11.3 Å². The van der Waals surface area contributed by atoms with Crippen molar-refractivity contribution in [1.82, 2.24) is 35.5 Å². The van der Waals surface area contributed by atoms with Crippen molar-refractivity contribution in [3.8, 4) is 5.69 Å². The summed E-state index contributed by atoms with van der Waals surface area (Å²) in [6.45, 7) is 7.91. The van der Waals surface area contributed by atoms with Crippen LogP contribution in [0.3, 0.4) is 0 Å². The number of nitrogens with one attached hydrogen (secondary N) is 3. The van der Waals surface area contributed by atoms with E-state index in [1.165, 1.54) is 18.4 Å². The number of carbonyl (C=O) groups is 2. The maximum Gasteiger partial charge on any atom is 0.354 e. The minimum atomic E-state index is -0.648. The smallest absolute Gasteiger partial charge is 0.354 e. The van der Waals surface area contributed by atoms with Gasteiger partial charge in [0.15, 0.2) is 0 Å². The van der Waals surface area contributed by atoms with Crippen molar-refractivity contribution in [2.24, 2.45) is 0 Å². The molecule has 11 nitrogen and oxygen atoms in total. The molecular formula is C28H28N8O3S. The highest BCUT2D eigenvalue weighted by Gasteiger charge is 2.21. The summed E-state index contributed by atoms with van der Waals surface area (Å²) in [5, 5.41) is 20.2. The van der Waals surface area contributed by atoms with E-state index in [1.807, 2.05) is 70.3 Å². The number of hydrogen-bond donors (Lipinski definition) is 3. The lowest BCUT2D eigenvalue weighted by Gasteiger charge is -2.15. The molecule has 3 aromatic heterocycles. The van der Waals surface area contributed by atoms with Gasteiger partial charge in [-0.15, -0.1) is 11.3 Å². The highest BCUT2D eigenvalue weighted by atomic mass is 32.1. The van der Waals surface area contributed by atoms with E-state index in [1.54, 1.807) is 10.8 Å². The monoisotopic (exact) mass is 556 g/mol. The number of carbonyl (C=O) groups excluding carboxylic acids is 2. The molecule has 2 aromatic carbocycles. The highest BCUT2D eigenvalue weighted by Crippen LogP contribution is 2.24. The van der Waals surface area contributed by atoms with E-state index < -0.39 is 11.9 Å². The van der Waals surface area contributed by atoms with E-state index in [9.17, 15) is 9.59 Å². The largest absolute Gasteiger partial charge is 0.464 e. The Bertz CT molecular complexity index is 1740. The van der Waals surface area contributed by atoms with Gasteiger partial charge in [-0.25, -0.2) is 9.78 Å². The van der Waals surface area contributed by atoms with Crippen molar-refractivity contribution in [1.29, 1.82) is 0 Å². The molecule has 0 fully saturated rings. The van der Waals surface area contributed by atoms with Crippen molar-refractivity contribution >= 4 is 46.1 Å². The van der Waals surface area contributed by atoms with Gasteiger partial charge in [-0.1, -0.05) is 17.2 Å². The Morgan fingerprint density at radius 2 is 1.90 bits per heavy atom. The van der Waals surface area contributed by atoms with Crippen LogP contribution in [0.25, 0.3) is 22.7 Å². The average Bonchev–Trinajstić information content (AvgIpc) is 3.66. The minimum Gasteiger partial charge on any atom is -0.464 e. The second-order valence-electron chi connectivity index (χ2n) is 9.26. The fourth-order valence-electron chi connectivity index (χ4n) is 4.62. The van der Waals surface area contributed by atoms with E-state index in [4.69, 9.17) is 4.74 Å². The van der Waals surface area contributed by atoms with Crippen molar-refractivity contribution in [2.75, 3.05) is 12.4 Å². The summed E-state index contributed by atoms with van der Waals surface area (Å²) in [6.07, 6.45) is 3.50. The number of aryl methyl sites for hydroxylation is 4. The molecule has 1 amide bonds. The Hall–Kier alpha value is -4.84. The van der Waals surface area contributed by atoms with E-state index in [0.29, 0.717) is 34.9 Å². The maximum absolute atomic E-state index is 13.4. The van der Waals surface area contributed by atoms with Gasteiger partial charge in [0.05, 0.1) is 28.4 Å². The second-order valence-corrected chi connectivity index (χ2v) is 10.5. The molecule has 0 aliphatic rings. The Labute approximate surface area is 234 Å². The van der Waals surface area contributed by atoms with Crippen LogP contribution in [0.1, 0.15) is 42.6 Å². The third-order valence-electron chi connectivity index (χ3n) is 6.45. The number of aromatic nitrogens is 6. The Balaban J connectivity index is 1.39. The van der Waals surface area contributed by atoms with Crippen LogP contribution in [0.15, 0.2) is 48.3 Å². The summed E-state index contributed by atoms with van der Waals surface area (Å²) < 4.78 is 6.50. The Morgan fingerprint density at radius 1 is 1.12 bits per heavy atom. The number of H-pyrrole nitrogens is 1. The van der Waals surface area contributed by atoms with Gasteiger partial charge >= 0.3 is 5.97 Å². The number of thiazole rings is 1. The fraction of sp³-hybridized carbons (Fsp3) is 0.214. The lowest BCUT2D eigenvalue weighted by Crippen LogP contribution is -2.29. The molecule has 3 N–H and O–H groups in total. The SMILES string of the molecule is COC(=O)/C(=C/c1sc(C)nc1C)NC(=O)c1c(C)cc(-n2nnnc2NCc2cccc3[nH]ccc23)cc1C. The molecule has 0 atom stereocenters. The number of esters is 1. The van der Waals surface area contributed by atoms with Crippen molar-refractivity contribution in [3.05, 3.63) is 86.1 Å². The van der Waals surface area contributed by atoms with Gasteiger partial charge in [0.1, 0.15) is 5.70 Å². The fourth-order valence-corrected chi connectivity index (χ4v) is 5.50. The maximum atomic E-state index is 13.4. The predicted molar refractivity (Wildman–Crippen MR) is 153 cm³/mol. The summed E-state index contributed by atoms with van der Waals surface area (Å²) in [6, 6.07) is 11.8. The first-order chi connectivity index (χ1) is 19.2. The van der Waals surface area contributed by atoms with Crippen LogP contribution in [0.2, 0.25) is 0 Å². The predicted octanol–water partition coefficient (Wildman–Crippen LogP) is 4.39. The molecule has 0 saturated carbocycles. The van der Waals surface area contributed by atoms with Gasteiger partial charge in [-0.05, 0) is 85.2 Å². The van der Waals surface area contributed by atoms with Gasteiger partial charge < -0.3 is 20.4 Å². The quantitative estimate of drug-likeness (QED) is 0.189. The Kier molecular flexibility index (Phi) is 7.43. The standard InChI is InChI=1S/C28H28N8O3S/c1-15-11-20(36-28(33-34-35-36)30-14-19-7-6-8-22-21(19)9-10-29-22)12-16(2)25(15)26(37)32-23(27(38)39-5)13-24-17(3)31-18(4)40-24/h6-13,29H,14H2,1-5H3,(H,32,37)(H,30,33,35)/b23-13-. The second kappa shape index (κ2) is 11.1. The molecule has 5 rings (SSSR count). The minimum absolute atomic E-state index is 0.0338. The summed E-state index contributed by atoms with van der Waals surface area (Å²) in [5.41, 5.74) is 5.49. The van der Waals surface area contributed by atoms with Gasteiger partial charge in [-0.2, -0.15) is 4.68 Å². The molecule has 12 heteroatoms. The molecular weight excluding hydrogens is 528 g/mol. The number of fused-ring (bicyclic) bond motifs is 1. The van der Waals surface area contributed by atoms with Crippen LogP contribution in [0.4, 0.5) is 5.95 Å². The Morgan fingerprint density at radius 3 is 2.60 bits per heavy atom. The van der Waals surface area contributed by atoms with Crippen molar-refractivity contribution in [2.45, 2.75) is 34.2 Å². The number of methoxy groups -OCH3 is 1. The molecule has 0 saturated heterocycles. The van der Waals surface area contributed by atoms with E-state index in [2.05, 4.69) is 36.1 Å². The zero-order valence-electron chi connectivity index (χ0n) is 22.7. The summed E-state index contributed by atoms with van der Waals surface area (Å²) in [4.78, 5) is 34.2. The molecule has 0 spiro atoms. The molecule has 0 aliphatic heterocycles. The van der Waals surface area contributed by atoms with Crippen molar-refractivity contribution in [3.63, 3.8) is 0 Å².